The zero-order valence-corrected chi connectivity index (χ0v) is 10.8. The molecule has 0 aromatic heterocycles. The van der Waals surface area contributed by atoms with E-state index >= 15 is 0 Å². The van der Waals surface area contributed by atoms with Gasteiger partial charge in [0.25, 0.3) is 0 Å². The normalized spacial score (nSPS) is 10.8. The average molecular weight is 218 g/mol. The molecule has 0 spiro atoms. The lowest BCUT2D eigenvalue weighted by molar-refractivity contribution is -0.121. The zero-order valence-electron chi connectivity index (χ0n) is 10.8. The highest BCUT2D eigenvalue weighted by Crippen LogP contribution is 2.13. The molecule has 0 N–H and O–H groups in total. The Morgan fingerprint density at radius 2 is 1.88 bits per heavy atom. The Morgan fingerprint density at radius 1 is 1.19 bits per heavy atom. The molecule has 1 rings (SSSR count). The van der Waals surface area contributed by atoms with Crippen molar-refractivity contribution in [3.05, 3.63) is 34.9 Å². The van der Waals surface area contributed by atoms with Gasteiger partial charge in [0, 0.05) is 12.3 Å². The Balaban J connectivity index is 2.43. The summed E-state index contributed by atoms with van der Waals surface area (Å²) in [6, 6.07) is 6.56. The molecule has 0 radical (unpaired) electrons. The predicted octanol–water partition coefficient (Wildman–Crippen LogP) is 3.85. The van der Waals surface area contributed by atoms with Gasteiger partial charge in [-0.1, -0.05) is 32.0 Å². The van der Waals surface area contributed by atoms with Crippen LogP contribution in [0.15, 0.2) is 18.2 Å². The molecule has 1 aromatic rings. The molecule has 0 saturated heterocycles. The standard InChI is InChI=1S/C15H22O/c1-11(2)15(16)7-5-6-14-9-8-12(3)13(4)10-14/h8-11H,5-7H2,1-4H3. The third kappa shape index (κ3) is 3.80. The number of hydrogen-bond donors (Lipinski definition) is 0. The first-order valence-electron chi connectivity index (χ1n) is 6.09. The number of carbonyl (C=O) groups is 1. The number of Topliss-reactive ketones (excluding diaryl/α,β-unsaturated/α-hetero) is 1. The van der Waals surface area contributed by atoms with Crippen LogP contribution in [0.2, 0.25) is 0 Å². The van der Waals surface area contributed by atoms with Crippen LogP contribution in [0.5, 0.6) is 0 Å². The Kier molecular flexibility index (Phi) is 4.72. The third-order valence-electron chi connectivity index (χ3n) is 3.10. The van der Waals surface area contributed by atoms with Crippen molar-refractivity contribution in [2.75, 3.05) is 0 Å². The Labute approximate surface area is 98.9 Å². The maximum absolute atomic E-state index is 11.5. The second-order valence-electron chi connectivity index (χ2n) is 4.89. The van der Waals surface area contributed by atoms with Gasteiger partial charge in [-0.3, -0.25) is 4.79 Å². The van der Waals surface area contributed by atoms with Crippen LogP contribution in [0, 0.1) is 19.8 Å². The highest BCUT2D eigenvalue weighted by atomic mass is 16.1. The van der Waals surface area contributed by atoms with Crippen molar-refractivity contribution in [3.8, 4) is 0 Å². The highest BCUT2D eigenvalue weighted by Gasteiger charge is 2.06. The van der Waals surface area contributed by atoms with Crippen LogP contribution in [-0.2, 0) is 11.2 Å². The van der Waals surface area contributed by atoms with Gasteiger partial charge < -0.3 is 0 Å². The van der Waals surface area contributed by atoms with Gasteiger partial charge in [0.15, 0.2) is 0 Å². The average Bonchev–Trinajstić information content (AvgIpc) is 2.23. The first-order chi connectivity index (χ1) is 7.50. The minimum Gasteiger partial charge on any atom is -0.299 e. The number of rotatable bonds is 5. The fourth-order valence-electron chi connectivity index (χ4n) is 1.71. The van der Waals surface area contributed by atoms with Crippen molar-refractivity contribution in [2.24, 2.45) is 5.92 Å². The van der Waals surface area contributed by atoms with Crippen molar-refractivity contribution >= 4 is 5.78 Å². The first kappa shape index (κ1) is 13.0. The summed E-state index contributed by atoms with van der Waals surface area (Å²) >= 11 is 0. The number of aryl methyl sites for hydroxylation is 3. The van der Waals surface area contributed by atoms with Crippen LogP contribution in [0.1, 0.15) is 43.4 Å². The second kappa shape index (κ2) is 5.83. The number of benzene rings is 1. The molecule has 0 fully saturated rings. The summed E-state index contributed by atoms with van der Waals surface area (Å²) in [4.78, 5) is 11.5. The molecule has 1 nitrogen and oxygen atoms in total. The van der Waals surface area contributed by atoms with E-state index in [4.69, 9.17) is 0 Å². The molecule has 1 aromatic carbocycles. The molecule has 0 saturated carbocycles. The van der Waals surface area contributed by atoms with E-state index in [0.29, 0.717) is 12.2 Å². The summed E-state index contributed by atoms with van der Waals surface area (Å²) in [7, 11) is 0. The molecule has 0 bridgehead atoms. The summed E-state index contributed by atoms with van der Waals surface area (Å²) in [6.45, 7) is 8.20. The fraction of sp³-hybridized carbons (Fsp3) is 0.533. The van der Waals surface area contributed by atoms with Gasteiger partial charge in [-0.05, 0) is 43.4 Å². The maximum atomic E-state index is 11.5. The molecular formula is C15H22O. The summed E-state index contributed by atoms with van der Waals surface area (Å²) in [5.74, 6) is 0.559. The second-order valence-corrected chi connectivity index (χ2v) is 4.89. The highest BCUT2D eigenvalue weighted by molar-refractivity contribution is 5.80. The van der Waals surface area contributed by atoms with E-state index in [2.05, 4.69) is 32.0 Å². The maximum Gasteiger partial charge on any atom is 0.135 e. The molecule has 0 aliphatic rings. The van der Waals surface area contributed by atoms with E-state index in [0.717, 1.165) is 12.8 Å². The van der Waals surface area contributed by atoms with Gasteiger partial charge in [-0.15, -0.1) is 0 Å². The first-order valence-corrected chi connectivity index (χ1v) is 6.09. The van der Waals surface area contributed by atoms with Crippen molar-refractivity contribution in [1.29, 1.82) is 0 Å². The number of hydrogen-bond acceptors (Lipinski definition) is 1. The van der Waals surface area contributed by atoms with E-state index in [1.165, 1.54) is 16.7 Å². The fourth-order valence-corrected chi connectivity index (χ4v) is 1.71. The molecule has 88 valence electrons. The quantitative estimate of drug-likeness (QED) is 0.733. The van der Waals surface area contributed by atoms with Crippen molar-refractivity contribution in [2.45, 2.75) is 47.0 Å². The Hall–Kier alpha value is -1.11. The van der Waals surface area contributed by atoms with E-state index in [1.54, 1.807) is 0 Å². The largest absolute Gasteiger partial charge is 0.299 e. The van der Waals surface area contributed by atoms with Gasteiger partial charge >= 0.3 is 0 Å². The lowest BCUT2D eigenvalue weighted by Crippen LogP contribution is -2.06. The molecule has 0 unspecified atom stereocenters. The van der Waals surface area contributed by atoms with Crippen LogP contribution >= 0.6 is 0 Å². The van der Waals surface area contributed by atoms with Crippen LogP contribution in [-0.4, -0.2) is 5.78 Å². The third-order valence-corrected chi connectivity index (χ3v) is 3.10. The van der Waals surface area contributed by atoms with Gasteiger partial charge in [0.2, 0.25) is 0 Å². The molecule has 0 aliphatic heterocycles. The lowest BCUT2D eigenvalue weighted by Gasteiger charge is -2.06. The summed E-state index contributed by atoms with van der Waals surface area (Å²) < 4.78 is 0. The summed E-state index contributed by atoms with van der Waals surface area (Å²) in [5.41, 5.74) is 4.02. The van der Waals surface area contributed by atoms with Crippen molar-refractivity contribution < 1.29 is 4.79 Å². The molecule has 0 atom stereocenters. The SMILES string of the molecule is Cc1ccc(CCCC(=O)C(C)C)cc1C. The van der Waals surface area contributed by atoms with Gasteiger partial charge in [-0.25, -0.2) is 0 Å². The summed E-state index contributed by atoms with van der Waals surface area (Å²) in [6.07, 6.45) is 2.70. The number of ketones is 1. The summed E-state index contributed by atoms with van der Waals surface area (Å²) in [5, 5.41) is 0. The molecular weight excluding hydrogens is 196 g/mol. The molecule has 0 heterocycles. The molecule has 0 amide bonds. The van der Waals surface area contributed by atoms with Crippen LogP contribution in [0.25, 0.3) is 0 Å². The van der Waals surface area contributed by atoms with Crippen LogP contribution < -0.4 is 0 Å². The van der Waals surface area contributed by atoms with E-state index < -0.39 is 0 Å². The predicted molar refractivity (Wildman–Crippen MR) is 68.7 cm³/mol. The van der Waals surface area contributed by atoms with Crippen molar-refractivity contribution in [1.82, 2.24) is 0 Å². The molecule has 1 heteroatoms. The minimum absolute atomic E-state index is 0.180. The number of carbonyl (C=O) groups excluding carboxylic acids is 1. The molecule has 16 heavy (non-hydrogen) atoms. The van der Waals surface area contributed by atoms with Crippen molar-refractivity contribution in [3.63, 3.8) is 0 Å². The van der Waals surface area contributed by atoms with E-state index in [9.17, 15) is 4.79 Å². The Bertz CT molecular complexity index is 364. The monoisotopic (exact) mass is 218 g/mol. The lowest BCUT2D eigenvalue weighted by atomic mass is 9.99. The van der Waals surface area contributed by atoms with Crippen LogP contribution in [0.3, 0.4) is 0 Å². The van der Waals surface area contributed by atoms with Gasteiger partial charge in [-0.2, -0.15) is 0 Å². The smallest absolute Gasteiger partial charge is 0.135 e. The van der Waals surface area contributed by atoms with E-state index in [-0.39, 0.29) is 5.92 Å². The van der Waals surface area contributed by atoms with Gasteiger partial charge in [0.1, 0.15) is 5.78 Å². The zero-order chi connectivity index (χ0) is 12.1. The molecule has 0 aliphatic carbocycles. The Morgan fingerprint density at radius 3 is 2.44 bits per heavy atom. The van der Waals surface area contributed by atoms with Crippen LogP contribution in [0.4, 0.5) is 0 Å². The minimum atomic E-state index is 0.180. The van der Waals surface area contributed by atoms with Gasteiger partial charge in [0.05, 0.1) is 0 Å². The topological polar surface area (TPSA) is 17.1 Å². The van der Waals surface area contributed by atoms with E-state index in [1.807, 2.05) is 13.8 Å².